The van der Waals surface area contributed by atoms with E-state index in [2.05, 4.69) is 17.2 Å². The lowest BCUT2D eigenvalue weighted by Gasteiger charge is -2.09. The number of rotatable bonds is 9. The minimum atomic E-state index is -0.110. The van der Waals surface area contributed by atoms with E-state index < -0.39 is 0 Å². The number of aromatic nitrogens is 4. The Kier molecular flexibility index (Phi) is 6.92. The number of benzene rings is 2. The van der Waals surface area contributed by atoms with Crippen LogP contribution < -0.4 is 9.47 Å². The third kappa shape index (κ3) is 5.09. The van der Waals surface area contributed by atoms with Crippen LogP contribution >= 0.6 is 0 Å². The molecule has 0 radical (unpaired) electrons. The Morgan fingerprint density at radius 1 is 1.03 bits per heavy atom. The van der Waals surface area contributed by atoms with Crippen molar-refractivity contribution in [3.63, 3.8) is 0 Å². The molecule has 0 fully saturated rings. The second-order valence-electron chi connectivity index (χ2n) is 8.19. The van der Waals surface area contributed by atoms with E-state index >= 15 is 0 Å². The van der Waals surface area contributed by atoms with E-state index in [0.29, 0.717) is 23.6 Å². The summed E-state index contributed by atoms with van der Waals surface area (Å²) in [5.41, 5.74) is 4.13. The molecule has 0 saturated carbocycles. The van der Waals surface area contributed by atoms with Crippen molar-refractivity contribution in [3.05, 3.63) is 89.9 Å². The van der Waals surface area contributed by atoms with Crippen LogP contribution in [0.15, 0.2) is 73.2 Å². The molecule has 0 bridgehead atoms. The molecule has 0 atom stereocenters. The van der Waals surface area contributed by atoms with Crippen molar-refractivity contribution in [2.75, 3.05) is 14.2 Å². The van der Waals surface area contributed by atoms with Crippen LogP contribution in [0.3, 0.4) is 0 Å². The molecular weight excluding hydrogens is 428 g/mol. The highest BCUT2D eigenvalue weighted by molar-refractivity contribution is 6.06. The van der Waals surface area contributed by atoms with Crippen LogP contribution in [0.4, 0.5) is 0 Å². The number of methoxy groups -OCH3 is 2. The molecule has 0 spiro atoms. The predicted octanol–water partition coefficient (Wildman–Crippen LogP) is 5.29. The maximum absolute atomic E-state index is 12.8. The van der Waals surface area contributed by atoms with Crippen molar-refractivity contribution in [2.45, 2.75) is 26.4 Å². The summed E-state index contributed by atoms with van der Waals surface area (Å²) in [6, 6.07) is 16.0. The van der Waals surface area contributed by atoms with Gasteiger partial charge in [-0.1, -0.05) is 30.3 Å². The van der Waals surface area contributed by atoms with Gasteiger partial charge in [0.15, 0.2) is 17.3 Å². The lowest BCUT2D eigenvalue weighted by atomic mass is 10.1. The highest BCUT2D eigenvalue weighted by atomic mass is 16.5. The number of carbonyl (C=O) groups excluding carboxylic acids is 1. The number of carbonyl (C=O) groups is 1. The first kappa shape index (κ1) is 23.0. The number of hydrogen-bond donors (Lipinski definition) is 0. The topological polar surface area (TPSA) is 71.2 Å². The van der Waals surface area contributed by atoms with Crippen molar-refractivity contribution in [1.29, 1.82) is 0 Å². The van der Waals surface area contributed by atoms with Gasteiger partial charge in [-0.2, -0.15) is 10.2 Å². The smallest absolute Gasteiger partial charge is 0.189 e. The minimum absolute atomic E-state index is 0.110. The van der Waals surface area contributed by atoms with Gasteiger partial charge in [-0.25, -0.2) is 0 Å². The molecule has 0 aliphatic heterocycles. The summed E-state index contributed by atoms with van der Waals surface area (Å²) in [6.45, 7) is 4.66. The Morgan fingerprint density at radius 2 is 1.79 bits per heavy atom. The van der Waals surface area contributed by atoms with Crippen molar-refractivity contribution in [3.8, 4) is 22.8 Å². The second-order valence-corrected chi connectivity index (χ2v) is 8.19. The molecule has 0 unspecified atom stereocenters. The third-order valence-corrected chi connectivity index (χ3v) is 5.46. The second kappa shape index (κ2) is 10.2. The van der Waals surface area contributed by atoms with E-state index in [0.717, 1.165) is 22.4 Å². The zero-order valence-corrected chi connectivity index (χ0v) is 19.8. The quantitative estimate of drug-likeness (QED) is 0.253. The predicted molar refractivity (Wildman–Crippen MR) is 132 cm³/mol. The van der Waals surface area contributed by atoms with Gasteiger partial charge < -0.3 is 9.47 Å². The maximum Gasteiger partial charge on any atom is 0.189 e. The largest absolute Gasteiger partial charge is 0.493 e. The van der Waals surface area contributed by atoms with Crippen LogP contribution in [0, 0.1) is 0 Å². The molecule has 0 aliphatic carbocycles. The molecule has 0 saturated heterocycles. The number of hydrogen-bond acceptors (Lipinski definition) is 5. The van der Waals surface area contributed by atoms with E-state index in [-0.39, 0.29) is 11.8 Å². The highest BCUT2D eigenvalue weighted by Crippen LogP contribution is 2.33. The molecule has 2 aromatic carbocycles. The van der Waals surface area contributed by atoms with E-state index in [1.165, 1.54) is 0 Å². The number of allylic oxidation sites excluding steroid dienone is 1. The van der Waals surface area contributed by atoms with E-state index in [4.69, 9.17) is 14.6 Å². The van der Waals surface area contributed by atoms with Gasteiger partial charge in [0.05, 0.1) is 38.2 Å². The van der Waals surface area contributed by atoms with Crippen molar-refractivity contribution >= 4 is 11.9 Å². The molecular formula is C27H28N4O3. The Bertz CT molecular complexity index is 1300. The molecule has 2 heterocycles. The molecule has 2 aromatic heterocycles. The molecule has 0 N–H and O–H groups in total. The van der Waals surface area contributed by atoms with Gasteiger partial charge >= 0.3 is 0 Å². The summed E-state index contributed by atoms with van der Waals surface area (Å²) in [5.74, 6) is 1.15. The summed E-state index contributed by atoms with van der Waals surface area (Å²) in [7, 11) is 3.21. The van der Waals surface area contributed by atoms with Crippen molar-refractivity contribution < 1.29 is 14.3 Å². The molecule has 34 heavy (non-hydrogen) atoms. The third-order valence-electron chi connectivity index (χ3n) is 5.46. The van der Waals surface area contributed by atoms with Crippen LogP contribution in [0.1, 0.15) is 41.4 Å². The van der Waals surface area contributed by atoms with Gasteiger partial charge in [0.25, 0.3) is 0 Å². The lowest BCUT2D eigenvalue weighted by Crippen LogP contribution is -2.00. The van der Waals surface area contributed by atoms with Gasteiger partial charge in [-0.05, 0) is 49.8 Å². The lowest BCUT2D eigenvalue weighted by molar-refractivity contribution is 0.104. The van der Waals surface area contributed by atoms with Crippen LogP contribution in [0.5, 0.6) is 11.5 Å². The van der Waals surface area contributed by atoms with Crippen LogP contribution in [-0.2, 0) is 6.54 Å². The minimum Gasteiger partial charge on any atom is -0.493 e. The van der Waals surface area contributed by atoms with E-state index in [1.807, 2.05) is 61.1 Å². The van der Waals surface area contributed by atoms with Gasteiger partial charge in [0, 0.05) is 29.6 Å². The van der Waals surface area contributed by atoms with Crippen LogP contribution in [-0.4, -0.2) is 39.6 Å². The van der Waals surface area contributed by atoms with Crippen molar-refractivity contribution in [2.24, 2.45) is 0 Å². The zero-order valence-electron chi connectivity index (χ0n) is 19.8. The average molecular weight is 457 g/mol. The zero-order chi connectivity index (χ0) is 24.1. The number of nitrogens with zero attached hydrogens (tertiary/aromatic N) is 4. The van der Waals surface area contributed by atoms with Crippen LogP contribution in [0.25, 0.3) is 17.3 Å². The normalized spacial score (nSPS) is 11.3. The summed E-state index contributed by atoms with van der Waals surface area (Å²) in [6.07, 6.45) is 8.68. The SMILES string of the molecule is COc1ccc(-c2nn(Cc3ccccc3)cc2/C=C/C(=O)c2cnn(C(C)C)c2)cc1OC. The standard InChI is InChI=1S/C27H28N4O3/c1-19(2)31-18-23(15-28-31)24(32)12-10-22-17-30(16-20-8-6-5-7-9-20)29-27(22)21-11-13-25(33-3)26(14-21)34-4/h5-15,17-19H,16H2,1-4H3/b12-10+. The highest BCUT2D eigenvalue weighted by Gasteiger charge is 2.14. The van der Waals surface area contributed by atoms with Crippen LogP contribution in [0.2, 0.25) is 0 Å². The molecule has 174 valence electrons. The first-order chi connectivity index (χ1) is 16.5. The van der Waals surface area contributed by atoms with Gasteiger partial charge in [-0.15, -0.1) is 0 Å². The monoisotopic (exact) mass is 456 g/mol. The molecule has 7 nitrogen and oxygen atoms in total. The number of ketones is 1. The first-order valence-corrected chi connectivity index (χ1v) is 11.1. The molecule has 4 aromatic rings. The Labute approximate surface area is 199 Å². The maximum atomic E-state index is 12.8. The fraction of sp³-hybridized carbons (Fsp3) is 0.222. The number of ether oxygens (including phenoxy) is 2. The van der Waals surface area contributed by atoms with E-state index in [1.54, 1.807) is 43.4 Å². The Hall–Kier alpha value is -4.13. The summed E-state index contributed by atoms with van der Waals surface area (Å²) in [5, 5.41) is 9.09. The molecule has 4 rings (SSSR count). The van der Waals surface area contributed by atoms with Gasteiger partial charge in [0.1, 0.15) is 0 Å². The molecule has 7 heteroatoms. The van der Waals surface area contributed by atoms with E-state index in [9.17, 15) is 4.79 Å². The average Bonchev–Trinajstić information content (AvgIpc) is 3.50. The van der Waals surface area contributed by atoms with Gasteiger partial charge in [0.2, 0.25) is 0 Å². The van der Waals surface area contributed by atoms with Crippen molar-refractivity contribution in [1.82, 2.24) is 19.6 Å². The molecule has 0 aliphatic rings. The van der Waals surface area contributed by atoms with Gasteiger partial charge in [-0.3, -0.25) is 14.2 Å². The fourth-order valence-electron chi connectivity index (χ4n) is 3.63. The summed E-state index contributed by atoms with van der Waals surface area (Å²) in [4.78, 5) is 12.8. The Balaban J connectivity index is 1.69. The summed E-state index contributed by atoms with van der Waals surface area (Å²) < 4.78 is 14.5. The summed E-state index contributed by atoms with van der Waals surface area (Å²) >= 11 is 0. The Morgan fingerprint density at radius 3 is 2.47 bits per heavy atom. The molecule has 0 amide bonds. The first-order valence-electron chi connectivity index (χ1n) is 11.1. The fourth-order valence-corrected chi connectivity index (χ4v) is 3.63.